The molecule has 25 heavy (non-hydrogen) atoms. The fraction of sp³-hybridized carbons (Fsp3) is 0.389. The summed E-state index contributed by atoms with van der Waals surface area (Å²) in [5.41, 5.74) is 7.38. The molecule has 0 aliphatic carbocycles. The molecule has 0 spiro atoms. The fourth-order valence-electron chi connectivity index (χ4n) is 2.68. The van der Waals surface area contributed by atoms with Gasteiger partial charge in [0.1, 0.15) is 5.65 Å². The number of anilines is 1. The predicted molar refractivity (Wildman–Crippen MR) is 97.9 cm³/mol. The van der Waals surface area contributed by atoms with Crippen LogP contribution in [-0.4, -0.2) is 40.9 Å². The van der Waals surface area contributed by atoms with Gasteiger partial charge in [-0.3, -0.25) is 9.59 Å². The van der Waals surface area contributed by atoms with Gasteiger partial charge in [-0.05, 0) is 12.1 Å². The zero-order valence-corrected chi connectivity index (χ0v) is 14.7. The van der Waals surface area contributed by atoms with Crippen LogP contribution in [0.5, 0.6) is 0 Å². The van der Waals surface area contributed by atoms with Gasteiger partial charge in [-0.15, -0.1) is 0 Å². The molecule has 2 amide bonds. The van der Waals surface area contributed by atoms with E-state index in [-0.39, 0.29) is 17.4 Å². The van der Waals surface area contributed by atoms with Gasteiger partial charge in [0.15, 0.2) is 0 Å². The summed E-state index contributed by atoms with van der Waals surface area (Å²) in [7, 11) is 0. The van der Waals surface area contributed by atoms with Gasteiger partial charge < -0.3 is 20.9 Å². The molecule has 0 aromatic carbocycles. The van der Waals surface area contributed by atoms with Crippen LogP contribution in [0.2, 0.25) is 0 Å². The Balaban J connectivity index is 1.70. The summed E-state index contributed by atoms with van der Waals surface area (Å²) in [4.78, 5) is 32.6. The van der Waals surface area contributed by atoms with Crippen molar-refractivity contribution >= 4 is 34.6 Å². The first-order chi connectivity index (χ1) is 11.7. The number of aromatic amines is 1. The van der Waals surface area contributed by atoms with E-state index in [1.54, 1.807) is 12.3 Å². The van der Waals surface area contributed by atoms with Crippen molar-refractivity contribution < 1.29 is 9.59 Å². The molecule has 1 aliphatic rings. The van der Waals surface area contributed by atoms with Crippen molar-refractivity contribution in [1.82, 2.24) is 15.3 Å². The van der Waals surface area contributed by atoms with Gasteiger partial charge in [-0.1, -0.05) is 20.8 Å². The van der Waals surface area contributed by atoms with Crippen molar-refractivity contribution in [3.05, 3.63) is 30.1 Å². The maximum Gasteiger partial charge on any atom is 0.241 e. The number of carbonyl (C=O) groups excluding carboxylic acids is 2. The number of hydrogen-bond donors (Lipinski definition) is 3. The molecule has 2 aromatic heterocycles. The Kier molecular flexibility index (Phi) is 4.24. The van der Waals surface area contributed by atoms with E-state index in [2.05, 4.69) is 20.2 Å². The van der Waals surface area contributed by atoms with Crippen molar-refractivity contribution in [2.75, 3.05) is 18.0 Å². The quantitative estimate of drug-likeness (QED) is 0.731. The lowest BCUT2D eigenvalue weighted by molar-refractivity contribution is -0.129. The molecule has 1 aliphatic heterocycles. The van der Waals surface area contributed by atoms with Crippen LogP contribution in [0, 0.1) is 5.41 Å². The highest BCUT2D eigenvalue weighted by atomic mass is 16.2. The lowest BCUT2D eigenvalue weighted by atomic mass is 9.94. The van der Waals surface area contributed by atoms with Gasteiger partial charge in [0.25, 0.3) is 0 Å². The Morgan fingerprint density at radius 3 is 2.76 bits per heavy atom. The molecular formula is C18H23N5O2. The van der Waals surface area contributed by atoms with Crippen LogP contribution in [0.1, 0.15) is 26.3 Å². The smallest absolute Gasteiger partial charge is 0.241 e. The average molecular weight is 341 g/mol. The average Bonchev–Trinajstić information content (AvgIpc) is 2.89. The van der Waals surface area contributed by atoms with Crippen LogP contribution in [0.3, 0.4) is 0 Å². The maximum atomic E-state index is 12.0. The minimum Gasteiger partial charge on any atom is -0.366 e. The molecule has 0 unspecified atom stereocenters. The summed E-state index contributed by atoms with van der Waals surface area (Å²) in [5, 5.41) is 3.99. The van der Waals surface area contributed by atoms with Crippen LogP contribution < -0.4 is 16.0 Å². The van der Waals surface area contributed by atoms with E-state index in [4.69, 9.17) is 5.73 Å². The van der Waals surface area contributed by atoms with Gasteiger partial charge in [0, 0.05) is 41.7 Å². The molecule has 0 radical (unpaired) electrons. The van der Waals surface area contributed by atoms with Crippen LogP contribution in [0.4, 0.5) is 5.69 Å². The molecule has 0 atom stereocenters. The number of fused-ring (bicyclic) bond motifs is 1. The first-order valence-electron chi connectivity index (χ1n) is 8.24. The summed E-state index contributed by atoms with van der Waals surface area (Å²) < 4.78 is 0. The largest absolute Gasteiger partial charge is 0.366 e. The lowest BCUT2D eigenvalue weighted by Crippen LogP contribution is -2.60. The lowest BCUT2D eigenvalue weighted by Gasteiger charge is -2.42. The van der Waals surface area contributed by atoms with Crippen LogP contribution in [0.15, 0.2) is 24.5 Å². The van der Waals surface area contributed by atoms with E-state index in [1.165, 1.54) is 6.08 Å². The second-order valence-electron chi connectivity index (χ2n) is 7.39. The number of rotatable bonds is 4. The summed E-state index contributed by atoms with van der Waals surface area (Å²) in [6.45, 7) is 7.23. The first-order valence-corrected chi connectivity index (χ1v) is 8.24. The fourth-order valence-corrected chi connectivity index (χ4v) is 2.68. The molecule has 7 heteroatoms. The molecule has 2 aromatic rings. The summed E-state index contributed by atoms with van der Waals surface area (Å²) in [5.74, 6) is -0.422. The van der Waals surface area contributed by atoms with Crippen LogP contribution >= 0.6 is 0 Å². The van der Waals surface area contributed by atoms with Gasteiger partial charge in [0.2, 0.25) is 11.8 Å². The highest BCUT2D eigenvalue weighted by Crippen LogP contribution is 2.27. The minimum absolute atomic E-state index is 0.0650. The SMILES string of the molecule is CC(C)(C)C(=O)NC1CN(c2cnc3[nH]cc(C=CC(N)=O)c3c2)C1. The Hall–Kier alpha value is -2.83. The van der Waals surface area contributed by atoms with Gasteiger partial charge in [-0.2, -0.15) is 0 Å². The molecule has 1 fully saturated rings. The predicted octanol–water partition coefficient (Wildman–Crippen LogP) is 1.41. The monoisotopic (exact) mass is 341 g/mol. The molecule has 132 valence electrons. The van der Waals surface area contributed by atoms with Crippen molar-refractivity contribution in [3.63, 3.8) is 0 Å². The van der Waals surface area contributed by atoms with Gasteiger partial charge in [-0.25, -0.2) is 4.98 Å². The molecule has 1 saturated heterocycles. The molecule has 0 bridgehead atoms. The number of aromatic nitrogens is 2. The Morgan fingerprint density at radius 1 is 1.40 bits per heavy atom. The van der Waals surface area contributed by atoms with E-state index in [0.717, 1.165) is 35.4 Å². The van der Waals surface area contributed by atoms with E-state index in [0.29, 0.717) is 0 Å². The topological polar surface area (TPSA) is 104 Å². The minimum atomic E-state index is -0.487. The van der Waals surface area contributed by atoms with Crippen molar-refractivity contribution in [2.24, 2.45) is 11.1 Å². The van der Waals surface area contributed by atoms with Crippen LogP contribution in [-0.2, 0) is 9.59 Å². The zero-order valence-electron chi connectivity index (χ0n) is 14.7. The zero-order chi connectivity index (χ0) is 18.2. The number of H-pyrrole nitrogens is 1. The number of nitrogens with two attached hydrogens (primary N) is 1. The van der Waals surface area contributed by atoms with E-state index < -0.39 is 5.91 Å². The van der Waals surface area contributed by atoms with E-state index in [1.807, 2.05) is 33.0 Å². The third-order valence-corrected chi connectivity index (χ3v) is 4.24. The normalized spacial score (nSPS) is 15.6. The Bertz CT molecular complexity index is 841. The molecule has 7 nitrogen and oxygen atoms in total. The standard InChI is InChI=1S/C18H23N5O2/c1-18(2,3)17(25)22-12-9-23(10-12)13-6-14-11(4-5-15(19)24)7-20-16(14)21-8-13/h4-8,12H,9-10H2,1-3H3,(H2,19,24)(H,20,21)(H,22,25). The van der Waals surface area contributed by atoms with Crippen LogP contribution in [0.25, 0.3) is 17.1 Å². The third-order valence-electron chi connectivity index (χ3n) is 4.24. The highest BCUT2D eigenvalue weighted by Gasteiger charge is 2.31. The number of primary amides is 1. The van der Waals surface area contributed by atoms with Gasteiger partial charge in [0.05, 0.1) is 17.9 Å². The van der Waals surface area contributed by atoms with E-state index >= 15 is 0 Å². The molecular weight excluding hydrogens is 318 g/mol. The van der Waals surface area contributed by atoms with Crippen molar-refractivity contribution in [2.45, 2.75) is 26.8 Å². The second kappa shape index (κ2) is 6.23. The second-order valence-corrected chi connectivity index (χ2v) is 7.39. The maximum absolute atomic E-state index is 12.0. The number of nitrogens with one attached hydrogen (secondary N) is 2. The highest BCUT2D eigenvalue weighted by molar-refractivity contribution is 5.95. The molecule has 3 rings (SSSR count). The summed E-state index contributed by atoms with van der Waals surface area (Å²) in [6.07, 6.45) is 6.61. The number of pyridine rings is 1. The molecule has 4 N–H and O–H groups in total. The Morgan fingerprint density at radius 2 is 2.12 bits per heavy atom. The number of carbonyl (C=O) groups is 2. The number of amides is 2. The molecule has 3 heterocycles. The Labute approximate surface area is 146 Å². The third kappa shape index (κ3) is 3.65. The van der Waals surface area contributed by atoms with Gasteiger partial charge >= 0.3 is 0 Å². The summed E-state index contributed by atoms with van der Waals surface area (Å²) in [6, 6.07) is 2.18. The number of nitrogens with zero attached hydrogens (tertiary/aromatic N) is 2. The van der Waals surface area contributed by atoms with Crippen molar-refractivity contribution in [3.8, 4) is 0 Å². The number of hydrogen-bond acceptors (Lipinski definition) is 4. The molecule has 0 saturated carbocycles. The first kappa shape index (κ1) is 17.0. The summed E-state index contributed by atoms with van der Waals surface area (Å²) >= 11 is 0. The van der Waals surface area contributed by atoms with Crippen molar-refractivity contribution in [1.29, 1.82) is 0 Å². The van der Waals surface area contributed by atoms with E-state index in [9.17, 15) is 9.59 Å².